The average molecular weight is 303 g/mol. The van der Waals surface area contributed by atoms with Gasteiger partial charge in [0.05, 0.1) is 0 Å². The number of carboxylic acid groups (broad SMARTS) is 1. The van der Waals surface area contributed by atoms with Gasteiger partial charge in [-0.1, -0.05) is 67.7 Å². The topological polar surface area (TPSA) is 46.5 Å². The summed E-state index contributed by atoms with van der Waals surface area (Å²) in [5, 5.41) is 9.48. The van der Waals surface area contributed by atoms with E-state index in [1.54, 1.807) is 0 Å². The van der Waals surface area contributed by atoms with Gasteiger partial charge in [-0.25, -0.2) is 4.79 Å². The highest BCUT2D eigenvalue weighted by Gasteiger charge is 2.47. The molecule has 0 saturated heterocycles. The molecule has 1 atom stereocenters. The Balaban J connectivity index is 5.12. The molecular weight excluding hydrogens is 268 g/mol. The van der Waals surface area contributed by atoms with Crippen LogP contribution >= 0.6 is 0 Å². The Bertz CT molecular complexity index is 266. The van der Waals surface area contributed by atoms with Gasteiger partial charge in [-0.15, -0.1) is 0 Å². The zero-order valence-electron chi connectivity index (χ0n) is 14.4. The summed E-state index contributed by atoms with van der Waals surface area (Å²) in [6.07, 6.45) is 3.14. The van der Waals surface area contributed by atoms with Crippen LogP contribution in [0.25, 0.3) is 0 Å². The summed E-state index contributed by atoms with van der Waals surface area (Å²) < 4.78 is 6.37. The van der Waals surface area contributed by atoms with E-state index in [1.165, 1.54) is 0 Å². The minimum Gasteiger partial charge on any atom is -0.479 e. The SMILES string of the molecule is CCCCCC(O[Si](C(C)C)(C(C)C)C(C)C)C(=O)O. The van der Waals surface area contributed by atoms with Crippen LogP contribution in [0.3, 0.4) is 0 Å². The van der Waals surface area contributed by atoms with Gasteiger partial charge in [0.2, 0.25) is 8.32 Å². The van der Waals surface area contributed by atoms with Crippen molar-refractivity contribution in [2.75, 3.05) is 0 Å². The Hall–Kier alpha value is -0.353. The molecule has 3 nitrogen and oxygen atoms in total. The van der Waals surface area contributed by atoms with Crippen LogP contribution in [0.2, 0.25) is 16.6 Å². The van der Waals surface area contributed by atoms with E-state index in [4.69, 9.17) is 4.43 Å². The quantitative estimate of drug-likeness (QED) is 0.445. The maximum atomic E-state index is 11.5. The summed E-state index contributed by atoms with van der Waals surface area (Å²) in [5.74, 6) is -0.792. The molecule has 0 heterocycles. The lowest BCUT2D eigenvalue weighted by atomic mass is 10.1. The molecule has 0 aromatic rings. The third kappa shape index (κ3) is 4.88. The Labute approximate surface area is 126 Å². The van der Waals surface area contributed by atoms with Crippen LogP contribution in [-0.2, 0) is 9.22 Å². The molecular formula is C16H34O3Si. The van der Waals surface area contributed by atoms with Gasteiger partial charge in [0.1, 0.15) is 6.10 Å². The smallest absolute Gasteiger partial charge is 0.331 e. The lowest BCUT2D eigenvalue weighted by molar-refractivity contribution is -0.146. The molecule has 0 aromatic carbocycles. The van der Waals surface area contributed by atoms with Gasteiger partial charge < -0.3 is 9.53 Å². The largest absolute Gasteiger partial charge is 0.479 e. The lowest BCUT2D eigenvalue weighted by Crippen LogP contribution is -2.51. The molecule has 0 aromatic heterocycles. The monoisotopic (exact) mass is 302 g/mol. The Kier molecular flexibility index (Phi) is 8.67. The normalized spacial score (nSPS) is 14.3. The highest BCUT2D eigenvalue weighted by Crippen LogP contribution is 2.43. The van der Waals surface area contributed by atoms with E-state index in [0.717, 1.165) is 19.3 Å². The highest BCUT2D eigenvalue weighted by atomic mass is 28.4. The van der Waals surface area contributed by atoms with E-state index in [2.05, 4.69) is 48.5 Å². The predicted octanol–water partition coefficient (Wildman–Crippen LogP) is 5.21. The van der Waals surface area contributed by atoms with Crippen LogP contribution in [0.15, 0.2) is 0 Å². The first kappa shape index (κ1) is 19.6. The van der Waals surface area contributed by atoms with Crippen molar-refractivity contribution < 1.29 is 14.3 Å². The van der Waals surface area contributed by atoms with Gasteiger partial charge in [0.15, 0.2) is 0 Å². The van der Waals surface area contributed by atoms with Crippen molar-refractivity contribution in [3.8, 4) is 0 Å². The van der Waals surface area contributed by atoms with E-state index in [9.17, 15) is 9.90 Å². The number of carbonyl (C=O) groups is 1. The van der Waals surface area contributed by atoms with E-state index >= 15 is 0 Å². The van der Waals surface area contributed by atoms with E-state index in [-0.39, 0.29) is 0 Å². The van der Waals surface area contributed by atoms with Gasteiger partial charge >= 0.3 is 5.97 Å². The molecule has 4 heteroatoms. The molecule has 0 aliphatic heterocycles. The Morgan fingerprint density at radius 3 is 1.75 bits per heavy atom. The number of hydrogen-bond acceptors (Lipinski definition) is 2. The molecule has 20 heavy (non-hydrogen) atoms. The molecule has 0 amide bonds. The van der Waals surface area contributed by atoms with Gasteiger partial charge in [0.25, 0.3) is 0 Å². The zero-order valence-corrected chi connectivity index (χ0v) is 15.4. The third-order valence-electron chi connectivity index (χ3n) is 4.40. The van der Waals surface area contributed by atoms with Crippen molar-refractivity contribution in [3.05, 3.63) is 0 Å². The second kappa shape index (κ2) is 8.83. The van der Waals surface area contributed by atoms with Crippen molar-refractivity contribution in [2.24, 2.45) is 0 Å². The fourth-order valence-electron chi connectivity index (χ4n) is 3.47. The second-order valence-corrected chi connectivity index (χ2v) is 12.2. The average Bonchev–Trinajstić information content (AvgIpc) is 2.31. The number of aliphatic carboxylic acids is 1. The highest BCUT2D eigenvalue weighted by molar-refractivity contribution is 6.77. The van der Waals surface area contributed by atoms with Crippen LogP contribution in [-0.4, -0.2) is 25.5 Å². The Morgan fingerprint density at radius 2 is 1.45 bits per heavy atom. The maximum Gasteiger partial charge on any atom is 0.331 e. The molecule has 0 bridgehead atoms. The van der Waals surface area contributed by atoms with E-state index in [1.807, 2.05) is 0 Å². The summed E-state index contributed by atoms with van der Waals surface area (Å²) in [5.41, 5.74) is 1.28. The number of hydrogen-bond donors (Lipinski definition) is 1. The summed E-state index contributed by atoms with van der Waals surface area (Å²) >= 11 is 0. The van der Waals surface area contributed by atoms with Gasteiger partial charge in [-0.3, -0.25) is 0 Å². The molecule has 0 aliphatic rings. The summed E-state index contributed by atoms with van der Waals surface area (Å²) in [6, 6.07) is 0. The molecule has 120 valence electrons. The molecule has 1 unspecified atom stereocenters. The van der Waals surface area contributed by atoms with Crippen LogP contribution in [0.1, 0.15) is 74.1 Å². The van der Waals surface area contributed by atoms with Gasteiger partial charge in [0, 0.05) is 0 Å². The van der Waals surface area contributed by atoms with Gasteiger partial charge in [-0.05, 0) is 23.0 Å². The Morgan fingerprint density at radius 1 is 1.00 bits per heavy atom. The second-order valence-electron chi connectivity index (χ2n) is 6.76. The van der Waals surface area contributed by atoms with Crippen molar-refractivity contribution in [3.63, 3.8) is 0 Å². The molecule has 0 spiro atoms. The first-order valence-electron chi connectivity index (χ1n) is 8.10. The summed E-state index contributed by atoms with van der Waals surface area (Å²) in [4.78, 5) is 11.5. The molecule has 0 rings (SSSR count). The number of unbranched alkanes of at least 4 members (excludes halogenated alkanes) is 2. The van der Waals surface area contributed by atoms with Crippen LogP contribution < -0.4 is 0 Å². The molecule has 0 aliphatic carbocycles. The standard InChI is InChI=1S/C16H34O3Si/c1-8-9-10-11-15(16(17)18)19-20(12(2)3,13(4)5)14(6)7/h12-15H,8-11H2,1-7H3,(H,17,18). The summed E-state index contributed by atoms with van der Waals surface area (Å²) in [7, 11) is -2.09. The maximum absolute atomic E-state index is 11.5. The number of carboxylic acids is 1. The van der Waals surface area contributed by atoms with Crippen LogP contribution in [0.4, 0.5) is 0 Å². The van der Waals surface area contributed by atoms with Crippen molar-refractivity contribution in [1.82, 2.24) is 0 Å². The van der Waals surface area contributed by atoms with E-state index < -0.39 is 20.4 Å². The first-order valence-corrected chi connectivity index (χ1v) is 10.2. The van der Waals surface area contributed by atoms with Crippen molar-refractivity contribution in [1.29, 1.82) is 0 Å². The minimum absolute atomic E-state index is 0.426. The lowest BCUT2D eigenvalue weighted by Gasteiger charge is -2.43. The minimum atomic E-state index is -2.09. The van der Waals surface area contributed by atoms with E-state index in [0.29, 0.717) is 23.0 Å². The first-order chi connectivity index (χ1) is 9.20. The summed E-state index contributed by atoms with van der Waals surface area (Å²) in [6.45, 7) is 15.3. The van der Waals surface area contributed by atoms with Crippen LogP contribution in [0, 0.1) is 0 Å². The van der Waals surface area contributed by atoms with Crippen molar-refractivity contribution in [2.45, 2.75) is 96.9 Å². The number of rotatable bonds is 10. The third-order valence-corrected chi connectivity index (χ3v) is 10.5. The fourth-order valence-corrected chi connectivity index (χ4v) is 9.00. The predicted molar refractivity (Wildman–Crippen MR) is 87.7 cm³/mol. The molecule has 0 fully saturated rings. The molecule has 0 radical (unpaired) electrons. The van der Waals surface area contributed by atoms with Gasteiger partial charge in [-0.2, -0.15) is 0 Å². The fraction of sp³-hybridized carbons (Fsp3) is 0.938. The molecule has 1 N–H and O–H groups in total. The van der Waals surface area contributed by atoms with Crippen LogP contribution in [0.5, 0.6) is 0 Å². The molecule has 0 saturated carbocycles. The van der Waals surface area contributed by atoms with Crippen molar-refractivity contribution >= 4 is 14.3 Å². The zero-order chi connectivity index (χ0) is 15.9.